The number of hydrogen-bond donors (Lipinski definition) is 2. The molecule has 0 atom stereocenters. The van der Waals surface area contributed by atoms with E-state index in [1.807, 2.05) is 36.7 Å². The molecule has 0 bridgehead atoms. The maximum absolute atomic E-state index is 11.8. The third kappa shape index (κ3) is 6.93. The number of nitrogens with one attached hydrogen (secondary N) is 1. The number of nitrogens with zero attached hydrogens (tertiary/aromatic N) is 2. The van der Waals surface area contributed by atoms with Crippen molar-refractivity contribution in [3.05, 3.63) is 48.0 Å². The molecule has 0 radical (unpaired) electrons. The summed E-state index contributed by atoms with van der Waals surface area (Å²) in [6.45, 7) is 3.65. The Bertz CT molecular complexity index is 584. The van der Waals surface area contributed by atoms with Crippen LogP contribution >= 0.6 is 24.8 Å². The van der Waals surface area contributed by atoms with Gasteiger partial charge in [-0.25, -0.2) is 4.98 Å². The number of benzene rings is 1. The van der Waals surface area contributed by atoms with Crippen LogP contribution in [-0.2, 0) is 24.2 Å². The lowest BCUT2D eigenvalue weighted by Crippen LogP contribution is -2.26. The lowest BCUT2D eigenvalue weighted by Gasteiger charge is -2.08. The highest BCUT2D eigenvalue weighted by molar-refractivity contribution is 5.85. The number of nitrogens with two attached hydrogens (primary N) is 1. The SMILES string of the molecule is CCc1nccn1CCCNC(=O)Cc1ccc(N)cc1.Cl.Cl. The van der Waals surface area contributed by atoms with Gasteiger partial charge in [0.15, 0.2) is 0 Å². The van der Waals surface area contributed by atoms with Gasteiger partial charge in [-0.1, -0.05) is 19.1 Å². The Morgan fingerprint density at radius 3 is 2.61 bits per heavy atom. The number of anilines is 1. The highest BCUT2D eigenvalue weighted by Gasteiger charge is 2.03. The van der Waals surface area contributed by atoms with Gasteiger partial charge in [-0.15, -0.1) is 24.8 Å². The zero-order chi connectivity index (χ0) is 15.1. The Kier molecular flexibility index (Phi) is 10.1. The first-order valence-electron chi connectivity index (χ1n) is 7.30. The second-order valence-corrected chi connectivity index (χ2v) is 5.01. The number of amides is 1. The monoisotopic (exact) mass is 358 g/mol. The zero-order valence-corrected chi connectivity index (χ0v) is 14.8. The smallest absolute Gasteiger partial charge is 0.224 e. The van der Waals surface area contributed by atoms with Crippen molar-refractivity contribution < 1.29 is 4.79 Å². The van der Waals surface area contributed by atoms with Crippen molar-refractivity contribution in [2.75, 3.05) is 12.3 Å². The van der Waals surface area contributed by atoms with Crippen LogP contribution in [0.2, 0.25) is 0 Å². The molecule has 5 nitrogen and oxygen atoms in total. The highest BCUT2D eigenvalue weighted by Crippen LogP contribution is 2.06. The molecule has 0 aliphatic heterocycles. The van der Waals surface area contributed by atoms with Gasteiger partial charge >= 0.3 is 0 Å². The molecular weight excluding hydrogens is 335 g/mol. The molecule has 0 saturated carbocycles. The first-order chi connectivity index (χ1) is 10.2. The number of halogens is 2. The van der Waals surface area contributed by atoms with E-state index in [1.165, 1.54) is 0 Å². The van der Waals surface area contributed by atoms with Gasteiger partial charge in [0.1, 0.15) is 5.82 Å². The van der Waals surface area contributed by atoms with E-state index in [2.05, 4.69) is 21.8 Å². The fraction of sp³-hybridized carbons (Fsp3) is 0.375. The predicted octanol–water partition coefficient (Wildman–Crippen LogP) is 2.62. The number of rotatable bonds is 7. The summed E-state index contributed by atoms with van der Waals surface area (Å²) >= 11 is 0. The van der Waals surface area contributed by atoms with E-state index in [4.69, 9.17) is 5.73 Å². The molecule has 1 amide bonds. The molecule has 0 aliphatic carbocycles. The Balaban J connectivity index is 0.00000242. The minimum Gasteiger partial charge on any atom is -0.399 e. The van der Waals surface area contributed by atoms with Crippen molar-refractivity contribution in [2.24, 2.45) is 0 Å². The van der Waals surface area contributed by atoms with Crippen LogP contribution in [0.4, 0.5) is 5.69 Å². The number of carbonyl (C=O) groups is 1. The number of nitrogen functional groups attached to an aromatic ring is 1. The number of aromatic nitrogens is 2. The normalized spacial score (nSPS) is 9.61. The second-order valence-electron chi connectivity index (χ2n) is 5.01. The average molecular weight is 359 g/mol. The fourth-order valence-corrected chi connectivity index (χ4v) is 2.22. The molecule has 1 aromatic carbocycles. The third-order valence-electron chi connectivity index (χ3n) is 3.36. The topological polar surface area (TPSA) is 72.9 Å². The molecule has 3 N–H and O–H groups in total. The van der Waals surface area contributed by atoms with Gasteiger partial charge in [-0.3, -0.25) is 4.79 Å². The van der Waals surface area contributed by atoms with E-state index in [9.17, 15) is 4.79 Å². The van der Waals surface area contributed by atoms with E-state index in [-0.39, 0.29) is 30.7 Å². The molecule has 0 unspecified atom stereocenters. The number of imidazole rings is 1. The van der Waals surface area contributed by atoms with Crippen LogP contribution in [-0.4, -0.2) is 22.0 Å². The van der Waals surface area contributed by atoms with Crippen LogP contribution in [0.1, 0.15) is 24.7 Å². The molecule has 1 heterocycles. The first kappa shape index (κ1) is 21.3. The van der Waals surface area contributed by atoms with E-state index >= 15 is 0 Å². The molecule has 0 saturated heterocycles. The molecule has 0 aliphatic rings. The van der Waals surface area contributed by atoms with Crippen LogP contribution in [0.15, 0.2) is 36.7 Å². The van der Waals surface area contributed by atoms with Crippen LogP contribution in [0.3, 0.4) is 0 Å². The third-order valence-corrected chi connectivity index (χ3v) is 3.36. The minimum atomic E-state index is 0. The Labute approximate surface area is 149 Å². The molecule has 2 rings (SSSR count). The average Bonchev–Trinajstić information content (AvgIpc) is 2.93. The molecule has 23 heavy (non-hydrogen) atoms. The van der Waals surface area contributed by atoms with Crippen LogP contribution < -0.4 is 11.1 Å². The summed E-state index contributed by atoms with van der Waals surface area (Å²) in [7, 11) is 0. The molecular formula is C16H24Cl2N4O. The molecule has 0 fully saturated rings. The zero-order valence-electron chi connectivity index (χ0n) is 13.2. The molecule has 7 heteroatoms. The van der Waals surface area contributed by atoms with Crippen molar-refractivity contribution in [2.45, 2.75) is 32.7 Å². The van der Waals surface area contributed by atoms with Crippen molar-refractivity contribution in [1.82, 2.24) is 14.9 Å². The van der Waals surface area contributed by atoms with Gasteiger partial charge in [0, 0.05) is 37.6 Å². The highest BCUT2D eigenvalue weighted by atomic mass is 35.5. The van der Waals surface area contributed by atoms with E-state index in [1.54, 1.807) is 0 Å². The van der Waals surface area contributed by atoms with E-state index < -0.39 is 0 Å². The van der Waals surface area contributed by atoms with Gasteiger partial charge in [0.2, 0.25) is 5.91 Å². The Morgan fingerprint density at radius 2 is 1.96 bits per heavy atom. The molecule has 2 aromatic rings. The quantitative estimate of drug-likeness (QED) is 0.590. The van der Waals surface area contributed by atoms with Crippen LogP contribution in [0.5, 0.6) is 0 Å². The maximum Gasteiger partial charge on any atom is 0.224 e. The maximum atomic E-state index is 11.8. The lowest BCUT2D eigenvalue weighted by molar-refractivity contribution is -0.120. The van der Waals surface area contributed by atoms with Crippen molar-refractivity contribution in [1.29, 1.82) is 0 Å². The largest absolute Gasteiger partial charge is 0.399 e. The van der Waals surface area contributed by atoms with Gasteiger partial charge < -0.3 is 15.6 Å². The summed E-state index contributed by atoms with van der Waals surface area (Å²) in [5.41, 5.74) is 7.31. The number of hydrogen-bond acceptors (Lipinski definition) is 3. The molecule has 0 spiro atoms. The van der Waals surface area contributed by atoms with E-state index in [0.29, 0.717) is 18.7 Å². The number of aryl methyl sites for hydroxylation is 2. The molecule has 128 valence electrons. The first-order valence-corrected chi connectivity index (χ1v) is 7.30. The van der Waals surface area contributed by atoms with Crippen molar-refractivity contribution in [3.8, 4) is 0 Å². The van der Waals surface area contributed by atoms with E-state index in [0.717, 1.165) is 30.8 Å². The van der Waals surface area contributed by atoms with Gasteiger partial charge in [-0.05, 0) is 24.1 Å². The van der Waals surface area contributed by atoms with Gasteiger partial charge in [-0.2, -0.15) is 0 Å². The number of carbonyl (C=O) groups excluding carboxylic acids is 1. The summed E-state index contributed by atoms with van der Waals surface area (Å²) in [4.78, 5) is 16.1. The Hall–Kier alpha value is -1.72. The lowest BCUT2D eigenvalue weighted by atomic mass is 10.1. The standard InChI is InChI=1S/C16H22N4O.2ClH/c1-2-15-18-9-11-20(15)10-3-8-19-16(21)12-13-4-6-14(17)7-5-13;;/h4-7,9,11H,2-3,8,10,12,17H2,1H3,(H,19,21);2*1H. The van der Waals surface area contributed by atoms with Gasteiger partial charge in [0.25, 0.3) is 0 Å². The Morgan fingerprint density at radius 1 is 1.26 bits per heavy atom. The van der Waals surface area contributed by atoms with Crippen molar-refractivity contribution >= 4 is 36.4 Å². The fourth-order valence-electron chi connectivity index (χ4n) is 2.22. The van der Waals surface area contributed by atoms with Crippen LogP contribution in [0.25, 0.3) is 0 Å². The minimum absolute atomic E-state index is 0. The molecule has 1 aromatic heterocycles. The van der Waals surface area contributed by atoms with Crippen molar-refractivity contribution in [3.63, 3.8) is 0 Å². The summed E-state index contributed by atoms with van der Waals surface area (Å²) in [5.74, 6) is 1.13. The van der Waals surface area contributed by atoms with Crippen LogP contribution in [0, 0.1) is 0 Å². The summed E-state index contributed by atoms with van der Waals surface area (Å²) < 4.78 is 2.13. The predicted molar refractivity (Wildman–Crippen MR) is 98.3 cm³/mol. The summed E-state index contributed by atoms with van der Waals surface area (Å²) in [6.07, 6.45) is 6.02. The second kappa shape index (κ2) is 10.9. The summed E-state index contributed by atoms with van der Waals surface area (Å²) in [6, 6.07) is 7.39. The van der Waals surface area contributed by atoms with Gasteiger partial charge in [0.05, 0.1) is 6.42 Å². The summed E-state index contributed by atoms with van der Waals surface area (Å²) in [5, 5.41) is 2.94.